The SMILES string of the molecule is Cc1ccccc1C(=O)c1ccc(Nc2cccc(C#N)n2)cc1Cl. The van der Waals surface area contributed by atoms with E-state index < -0.39 is 0 Å². The predicted molar refractivity (Wildman–Crippen MR) is 98.3 cm³/mol. The van der Waals surface area contributed by atoms with Crippen LogP contribution in [-0.2, 0) is 0 Å². The summed E-state index contributed by atoms with van der Waals surface area (Å²) in [5.41, 5.74) is 2.99. The van der Waals surface area contributed by atoms with Gasteiger partial charge in [-0.15, -0.1) is 0 Å². The molecule has 0 fully saturated rings. The number of rotatable bonds is 4. The third kappa shape index (κ3) is 3.68. The standard InChI is InChI=1S/C20H14ClN3O/c1-13-5-2-3-7-16(13)20(25)17-10-9-14(11-18(17)21)23-19-8-4-6-15(12-22)24-19/h2-11H,1H3,(H,23,24). The van der Waals surface area contributed by atoms with E-state index >= 15 is 0 Å². The summed E-state index contributed by atoms with van der Waals surface area (Å²) in [6.45, 7) is 1.89. The van der Waals surface area contributed by atoms with Gasteiger partial charge in [-0.25, -0.2) is 4.98 Å². The molecule has 1 N–H and O–H groups in total. The van der Waals surface area contributed by atoms with Crippen LogP contribution in [0.15, 0.2) is 60.7 Å². The van der Waals surface area contributed by atoms with Crippen LogP contribution in [0.25, 0.3) is 0 Å². The highest BCUT2D eigenvalue weighted by Crippen LogP contribution is 2.26. The second-order valence-corrected chi connectivity index (χ2v) is 5.89. The van der Waals surface area contributed by atoms with E-state index in [1.165, 1.54) is 0 Å². The second kappa shape index (κ2) is 7.16. The van der Waals surface area contributed by atoms with Crippen LogP contribution in [0.3, 0.4) is 0 Å². The number of ketones is 1. The van der Waals surface area contributed by atoms with Crippen molar-refractivity contribution in [1.29, 1.82) is 5.26 Å². The number of carbonyl (C=O) groups excluding carboxylic acids is 1. The second-order valence-electron chi connectivity index (χ2n) is 5.48. The summed E-state index contributed by atoms with van der Waals surface area (Å²) < 4.78 is 0. The first kappa shape index (κ1) is 16.7. The van der Waals surface area contributed by atoms with E-state index in [-0.39, 0.29) is 5.78 Å². The zero-order valence-corrected chi connectivity index (χ0v) is 14.2. The van der Waals surface area contributed by atoms with E-state index in [1.807, 2.05) is 31.2 Å². The van der Waals surface area contributed by atoms with Gasteiger partial charge in [-0.05, 0) is 42.8 Å². The minimum absolute atomic E-state index is 0.112. The monoisotopic (exact) mass is 347 g/mol. The molecule has 0 atom stereocenters. The molecule has 1 aromatic heterocycles. The fourth-order valence-corrected chi connectivity index (χ4v) is 2.73. The van der Waals surface area contributed by atoms with Gasteiger partial charge in [0.15, 0.2) is 5.78 Å². The van der Waals surface area contributed by atoms with Gasteiger partial charge >= 0.3 is 0 Å². The number of nitrogens with one attached hydrogen (secondary N) is 1. The lowest BCUT2D eigenvalue weighted by Crippen LogP contribution is -2.05. The molecule has 3 aromatic rings. The largest absolute Gasteiger partial charge is 0.340 e. The first-order chi connectivity index (χ1) is 12.1. The smallest absolute Gasteiger partial charge is 0.194 e. The van der Waals surface area contributed by atoms with E-state index in [4.69, 9.17) is 16.9 Å². The molecule has 0 amide bonds. The lowest BCUT2D eigenvalue weighted by molar-refractivity contribution is 0.103. The van der Waals surface area contributed by atoms with Gasteiger partial charge in [0.2, 0.25) is 0 Å². The number of nitriles is 1. The van der Waals surface area contributed by atoms with Gasteiger partial charge in [0.1, 0.15) is 17.6 Å². The predicted octanol–water partition coefficient (Wildman–Crippen LogP) is 4.89. The summed E-state index contributed by atoms with van der Waals surface area (Å²) in [4.78, 5) is 16.8. The van der Waals surface area contributed by atoms with Gasteiger partial charge in [-0.1, -0.05) is 41.9 Å². The van der Waals surface area contributed by atoms with Crippen LogP contribution in [0, 0.1) is 18.3 Å². The first-order valence-corrected chi connectivity index (χ1v) is 8.00. The average Bonchev–Trinajstić information content (AvgIpc) is 2.62. The number of anilines is 2. The van der Waals surface area contributed by atoms with Crippen molar-refractivity contribution in [3.05, 3.63) is 88.1 Å². The van der Waals surface area contributed by atoms with E-state index in [1.54, 1.807) is 42.5 Å². The molecule has 3 rings (SSSR count). The fourth-order valence-electron chi connectivity index (χ4n) is 2.46. The number of halogens is 1. The number of hydrogen-bond acceptors (Lipinski definition) is 4. The molecule has 0 aliphatic heterocycles. The average molecular weight is 348 g/mol. The number of carbonyl (C=O) groups is 1. The van der Waals surface area contributed by atoms with Crippen LogP contribution >= 0.6 is 11.6 Å². The number of aryl methyl sites for hydroxylation is 1. The topological polar surface area (TPSA) is 65.8 Å². The number of pyridine rings is 1. The van der Waals surface area contributed by atoms with Crippen molar-refractivity contribution in [2.45, 2.75) is 6.92 Å². The van der Waals surface area contributed by atoms with Crippen LogP contribution in [0.5, 0.6) is 0 Å². The maximum atomic E-state index is 12.7. The lowest BCUT2D eigenvalue weighted by Gasteiger charge is -2.10. The summed E-state index contributed by atoms with van der Waals surface area (Å²) in [5.74, 6) is 0.423. The highest BCUT2D eigenvalue weighted by molar-refractivity contribution is 6.35. The Bertz CT molecular complexity index is 992. The number of benzene rings is 2. The lowest BCUT2D eigenvalue weighted by atomic mass is 9.99. The van der Waals surface area contributed by atoms with Gasteiger partial charge in [-0.2, -0.15) is 5.26 Å². The highest BCUT2D eigenvalue weighted by Gasteiger charge is 2.15. The fraction of sp³-hybridized carbons (Fsp3) is 0.0500. The number of hydrogen-bond donors (Lipinski definition) is 1. The van der Waals surface area contributed by atoms with E-state index in [0.717, 1.165) is 5.56 Å². The van der Waals surface area contributed by atoms with Gasteiger partial charge in [-0.3, -0.25) is 4.79 Å². The summed E-state index contributed by atoms with van der Waals surface area (Å²) in [6, 6.07) is 19.6. The van der Waals surface area contributed by atoms with Crippen molar-refractivity contribution in [3.63, 3.8) is 0 Å². The Morgan fingerprint density at radius 2 is 1.88 bits per heavy atom. The minimum atomic E-state index is -0.112. The molecule has 0 spiro atoms. The van der Waals surface area contributed by atoms with Crippen molar-refractivity contribution >= 4 is 28.9 Å². The van der Waals surface area contributed by atoms with Crippen LogP contribution in [-0.4, -0.2) is 10.8 Å². The van der Waals surface area contributed by atoms with Crippen molar-refractivity contribution < 1.29 is 4.79 Å². The van der Waals surface area contributed by atoms with Crippen LogP contribution in [0.2, 0.25) is 5.02 Å². The molecular formula is C20H14ClN3O. The van der Waals surface area contributed by atoms with Crippen molar-refractivity contribution in [2.75, 3.05) is 5.32 Å². The Kier molecular flexibility index (Phi) is 4.78. The zero-order valence-electron chi connectivity index (χ0n) is 13.5. The van der Waals surface area contributed by atoms with Gasteiger partial charge < -0.3 is 5.32 Å². The van der Waals surface area contributed by atoms with Gasteiger partial charge in [0.25, 0.3) is 0 Å². The van der Waals surface area contributed by atoms with Crippen LogP contribution < -0.4 is 5.32 Å². The molecule has 0 bridgehead atoms. The minimum Gasteiger partial charge on any atom is -0.340 e. The Morgan fingerprint density at radius 3 is 2.60 bits per heavy atom. The van der Waals surface area contributed by atoms with Crippen LogP contribution in [0.1, 0.15) is 27.2 Å². The highest BCUT2D eigenvalue weighted by atomic mass is 35.5. The Morgan fingerprint density at radius 1 is 1.08 bits per heavy atom. The van der Waals surface area contributed by atoms with E-state index in [9.17, 15) is 4.79 Å². The normalized spacial score (nSPS) is 10.1. The third-order valence-electron chi connectivity index (χ3n) is 3.74. The molecule has 5 heteroatoms. The molecule has 0 aliphatic rings. The summed E-state index contributed by atoms with van der Waals surface area (Å²) in [7, 11) is 0. The molecule has 1 heterocycles. The Balaban J connectivity index is 1.87. The summed E-state index contributed by atoms with van der Waals surface area (Å²) in [5, 5.41) is 12.3. The molecule has 0 unspecified atom stereocenters. The molecule has 0 saturated heterocycles. The van der Waals surface area contributed by atoms with Crippen molar-refractivity contribution in [1.82, 2.24) is 4.98 Å². The molecule has 4 nitrogen and oxygen atoms in total. The van der Waals surface area contributed by atoms with Gasteiger partial charge in [0.05, 0.1) is 5.02 Å². The molecule has 122 valence electrons. The molecule has 0 aliphatic carbocycles. The number of aromatic nitrogens is 1. The van der Waals surface area contributed by atoms with E-state index in [2.05, 4.69) is 10.3 Å². The number of nitrogens with zero attached hydrogens (tertiary/aromatic N) is 2. The molecular weight excluding hydrogens is 334 g/mol. The Hall–Kier alpha value is -3.16. The van der Waals surface area contributed by atoms with E-state index in [0.29, 0.717) is 33.3 Å². The molecule has 0 radical (unpaired) electrons. The van der Waals surface area contributed by atoms with Crippen LogP contribution in [0.4, 0.5) is 11.5 Å². The Labute approximate surface area is 150 Å². The summed E-state index contributed by atoms with van der Waals surface area (Å²) >= 11 is 6.32. The van der Waals surface area contributed by atoms with Crippen molar-refractivity contribution in [3.8, 4) is 6.07 Å². The zero-order chi connectivity index (χ0) is 17.8. The van der Waals surface area contributed by atoms with Gasteiger partial charge in [0, 0.05) is 16.8 Å². The molecule has 2 aromatic carbocycles. The van der Waals surface area contributed by atoms with Crippen molar-refractivity contribution in [2.24, 2.45) is 0 Å². The maximum absolute atomic E-state index is 12.7. The molecule has 25 heavy (non-hydrogen) atoms. The maximum Gasteiger partial charge on any atom is 0.194 e. The first-order valence-electron chi connectivity index (χ1n) is 7.62. The molecule has 0 saturated carbocycles. The third-order valence-corrected chi connectivity index (χ3v) is 4.05. The summed E-state index contributed by atoms with van der Waals surface area (Å²) in [6.07, 6.45) is 0. The quantitative estimate of drug-likeness (QED) is 0.682.